The second-order valence-electron chi connectivity index (χ2n) is 4.88. The number of aryl methyl sites for hydroxylation is 2. The lowest BCUT2D eigenvalue weighted by Gasteiger charge is -2.13. The fourth-order valence-corrected chi connectivity index (χ4v) is 2.43. The van der Waals surface area contributed by atoms with Crippen molar-refractivity contribution >= 4 is 5.69 Å². The molecule has 4 heteroatoms. The summed E-state index contributed by atoms with van der Waals surface area (Å²) < 4.78 is 1.89. The Kier molecular flexibility index (Phi) is 3.19. The smallest absolute Gasteiger partial charge is 0.0853 e. The molecule has 1 aliphatic rings. The van der Waals surface area contributed by atoms with Crippen LogP contribution in [0.2, 0.25) is 0 Å². The van der Waals surface area contributed by atoms with Crippen LogP contribution in [0.15, 0.2) is 6.20 Å². The van der Waals surface area contributed by atoms with E-state index in [2.05, 4.69) is 42.4 Å². The Hall–Kier alpha value is -1.03. The van der Waals surface area contributed by atoms with Gasteiger partial charge in [0.1, 0.15) is 0 Å². The summed E-state index contributed by atoms with van der Waals surface area (Å²) in [5, 5.41) is 8.07. The van der Waals surface area contributed by atoms with Crippen molar-refractivity contribution in [2.24, 2.45) is 7.05 Å². The second-order valence-corrected chi connectivity index (χ2v) is 4.88. The molecule has 0 bridgehead atoms. The molecule has 4 nitrogen and oxygen atoms in total. The van der Waals surface area contributed by atoms with Gasteiger partial charge in [0.2, 0.25) is 0 Å². The van der Waals surface area contributed by atoms with E-state index in [-0.39, 0.29) is 0 Å². The van der Waals surface area contributed by atoms with Crippen molar-refractivity contribution in [3.8, 4) is 0 Å². The predicted octanol–water partition coefficient (Wildman–Crippen LogP) is 1.49. The van der Waals surface area contributed by atoms with Crippen LogP contribution < -0.4 is 5.32 Å². The molecule has 2 heterocycles. The van der Waals surface area contributed by atoms with Crippen LogP contribution in [0, 0.1) is 0 Å². The van der Waals surface area contributed by atoms with Crippen molar-refractivity contribution in [2.45, 2.75) is 38.8 Å². The van der Waals surface area contributed by atoms with Gasteiger partial charge in [-0.3, -0.25) is 4.68 Å². The van der Waals surface area contributed by atoms with Crippen LogP contribution in [0.5, 0.6) is 0 Å². The molecule has 0 amide bonds. The van der Waals surface area contributed by atoms with E-state index in [1.807, 2.05) is 11.7 Å². The number of hydrogen-bond donors (Lipinski definition) is 1. The number of likely N-dealkylation sites (tertiary alicyclic amines) is 1. The van der Waals surface area contributed by atoms with Crippen molar-refractivity contribution < 1.29 is 0 Å². The molecule has 1 N–H and O–H groups in total. The number of rotatable bonds is 3. The fourth-order valence-electron chi connectivity index (χ4n) is 2.43. The molecule has 90 valence electrons. The summed E-state index contributed by atoms with van der Waals surface area (Å²) in [4.78, 5) is 2.40. The van der Waals surface area contributed by atoms with Crippen LogP contribution in [-0.4, -0.2) is 40.4 Å². The van der Waals surface area contributed by atoms with E-state index in [9.17, 15) is 0 Å². The minimum absolute atomic E-state index is 0.564. The molecule has 1 fully saturated rings. The van der Waals surface area contributed by atoms with Crippen LogP contribution in [-0.2, 0) is 13.5 Å². The van der Waals surface area contributed by atoms with Crippen molar-refractivity contribution in [1.29, 1.82) is 0 Å². The lowest BCUT2D eigenvalue weighted by molar-refractivity contribution is 0.330. The standard InChI is InChI=1S/C12H22N4/c1-5-11-12(8-16(4)14-11)13-10-6-9(2)15(3)7-10/h8-10,13H,5-7H2,1-4H3. The third kappa shape index (κ3) is 2.21. The second kappa shape index (κ2) is 4.45. The first-order chi connectivity index (χ1) is 7.60. The largest absolute Gasteiger partial charge is 0.378 e. The van der Waals surface area contributed by atoms with Gasteiger partial charge in [0.05, 0.1) is 11.4 Å². The molecule has 1 aromatic rings. The Balaban J connectivity index is 2.04. The molecule has 2 rings (SSSR count). The Morgan fingerprint density at radius 2 is 2.25 bits per heavy atom. The van der Waals surface area contributed by atoms with Crippen LogP contribution in [0.1, 0.15) is 26.0 Å². The molecule has 2 atom stereocenters. The molecule has 2 unspecified atom stereocenters. The summed E-state index contributed by atoms with van der Waals surface area (Å²) in [7, 11) is 4.17. The first kappa shape index (κ1) is 11.5. The number of likely N-dealkylation sites (N-methyl/N-ethyl adjacent to an activating group) is 1. The average Bonchev–Trinajstić information content (AvgIpc) is 2.72. The van der Waals surface area contributed by atoms with Gasteiger partial charge in [0, 0.05) is 31.9 Å². The number of nitrogens with one attached hydrogen (secondary N) is 1. The summed E-state index contributed by atoms with van der Waals surface area (Å²) in [6.45, 7) is 5.56. The maximum Gasteiger partial charge on any atom is 0.0853 e. The van der Waals surface area contributed by atoms with Gasteiger partial charge in [0.15, 0.2) is 0 Å². The predicted molar refractivity (Wildman–Crippen MR) is 66.7 cm³/mol. The highest BCUT2D eigenvalue weighted by Gasteiger charge is 2.26. The molecule has 1 saturated heterocycles. The monoisotopic (exact) mass is 222 g/mol. The number of hydrogen-bond acceptors (Lipinski definition) is 3. The third-order valence-corrected chi connectivity index (χ3v) is 3.49. The van der Waals surface area contributed by atoms with E-state index in [0.717, 1.165) is 13.0 Å². The van der Waals surface area contributed by atoms with Gasteiger partial charge in [-0.05, 0) is 26.8 Å². The Bertz CT molecular complexity index is 348. The molecule has 0 aromatic carbocycles. The summed E-state index contributed by atoms with van der Waals surface area (Å²) >= 11 is 0. The molecular weight excluding hydrogens is 200 g/mol. The Morgan fingerprint density at radius 3 is 2.81 bits per heavy atom. The van der Waals surface area contributed by atoms with Gasteiger partial charge >= 0.3 is 0 Å². The molecule has 0 saturated carbocycles. The highest BCUT2D eigenvalue weighted by molar-refractivity contribution is 5.47. The number of aromatic nitrogens is 2. The molecule has 1 aliphatic heterocycles. The Morgan fingerprint density at radius 1 is 1.50 bits per heavy atom. The van der Waals surface area contributed by atoms with E-state index >= 15 is 0 Å². The SMILES string of the molecule is CCc1nn(C)cc1NC1CC(C)N(C)C1. The topological polar surface area (TPSA) is 33.1 Å². The van der Waals surface area contributed by atoms with Crippen molar-refractivity contribution in [1.82, 2.24) is 14.7 Å². The quantitative estimate of drug-likeness (QED) is 0.841. The maximum atomic E-state index is 4.45. The lowest BCUT2D eigenvalue weighted by atomic mass is 10.2. The van der Waals surface area contributed by atoms with Crippen LogP contribution >= 0.6 is 0 Å². The van der Waals surface area contributed by atoms with Gasteiger partial charge in [-0.15, -0.1) is 0 Å². The van der Waals surface area contributed by atoms with Crippen LogP contribution in [0.4, 0.5) is 5.69 Å². The first-order valence-electron chi connectivity index (χ1n) is 6.09. The molecule has 0 aliphatic carbocycles. The molecular formula is C12H22N4. The van der Waals surface area contributed by atoms with Gasteiger partial charge in [-0.25, -0.2) is 0 Å². The molecule has 0 radical (unpaired) electrons. The van der Waals surface area contributed by atoms with Crippen LogP contribution in [0.25, 0.3) is 0 Å². The minimum Gasteiger partial charge on any atom is -0.378 e. The van der Waals surface area contributed by atoms with E-state index < -0.39 is 0 Å². The van der Waals surface area contributed by atoms with E-state index in [0.29, 0.717) is 12.1 Å². The zero-order valence-electron chi connectivity index (χ0n) is 10.7. The summed E-state index contributed by atoms with van der Waals surface area (Å²) in [6.07, 6.45) is 4.29. The zero-order chi connectivity index (χ0) is 11.7. The van der Waals surface area contributed by atoms with E-state index in [1.165, 1.54) is 17.8 Å². The average molecular weight is 222 g/mol. The Labute approximate surface area is 97.6 Å². The zero-order valence-corrected chi connectivity index (χ0v) is 10.7. The van der Waals surface area contributed by atoms with Gasteiger partial charge in [-0.1, -0.05) is 6.92 Å². The van der Waals surface area contributed by atoms with Gasteiger partial charge in [0.25, 0.3) is 0 Å². The number of nitrogens with zero attached hydrogens (tertiary/aromatic N) is 3. The van der Waals surface area contributed by atoms with Crippen molar-refractivity contribution in [2.75, 3.05) is 18.9 Å². The molecule has 0 spiro atoms. The normalized spacial score (nSPS) is 26.2. The van der Waals surface area contributed by atoms with Gasteiger partial charge in [-0.2, -0.15) is 5.10 Å². The minimum atomic E-state index is 0.564. The highest BCUT2D eigenvalue weighted by Crippen LogP contribution is 2.21. The summed E-state index contributed by atoms with van der Waals surface area (Å²) in [6, 6.07) is 1.24. The fraction of sp³-hybridized carbons (Fsp3) is 0.750. The number of anilines is 1. The summed E-state index contributed by atoms with van der Waals surface area (Å²) in [5.41, 5.74) is 2.38. The van der Waals surface area contributed by atoms with Crippen LogP contribution in [0.3, 0.4) is 0 Å². The lowest BCUT2D eigenvalue weighted by Crippen LogP contribution is -2.25. The van der Waals surface area contributed by atoms with E-state index in [4.69, 9.17) is 0 Å². The maximum absolute atomic E-state index is 4.45. The third-order valence-electron chi connectivity index (χ3n) is 3.49. The first-order valence-corrected chi connectivity index (χ1v) is 6.09. The summed E-state index contributed by atoms with van der Waals surface area (Å²) in [5.74, 6) is 0. The molecule has 16 heavy (non-hydrogen) atoms. The molecule has 1 aromatic heterocycles. The van der Waals surface area contributed by atoms with Gasteiger partial charge < -0.3 is 10.2 Å². The van der Waals surface area contributed by atoms with Crippen molar-refractivity contribution in [3.63, 3.8) is 0 Å². The van der Waals surface area contributed by atoms with Crippen molar-refractivity contribution in [3.05, 3.63) is 11.9 Å². The highest BCUT2D eigenvalue weighted by atomic mass is 15.3. The van der Waals surface area contributed by atoms with E-state index in [1.54, 1.807) is 0 Å².